The predicted octanol–water partition coefficient (Wildman–Crippen LogP) is 4.50. The third-order valence-electron chi connectivity index (χ3n) is 3.00. The van der Waals surface area contributed by atoms with E-state index < -0.39 is 0 Å². The number of rotatable bonds is 4. The van der Waals surface area contributed by atoms with Crippen LogP contribution in [-0.4, -0.2) is 12.1 Å². The van der Waals surface area contributed by atoms with Gasteiger partial charge in [-0.3, -0.25) is 0 Å². The van der Waals surface area contributed by atoms with E-state index in [1.165, 1.54) is 16.1 Å². The van der Waals surface area contributed by atoms with Crippen molar-refractivity contribution in [3.8, 4) is 17.0 Å². The van der Waals surface area contributed by atoms with Crippen molar-refractivity contribution in [3.63, 3.8) is 0 Å². The fraction of sp³-hybridized carbons (Fsp3) is 0.400. The Bertz CT molecular complexity index is 531. The van der Waals surface area contributed by atoms with Crippen molar-refractivity contribution >= 4 is 11.3 Å². The van der Waals surface area contributed by atoms with Gasteiger partial charge in [0.1, 0.15) is 5.75 Å². The monoisotopic (exact) mass is 261 g/mol. The van der Waals surface area contributed by atoms with Crippen LogP contribution in [0, 0.1) is 0 Å². The predicted molar refractivity (Wildman–Crippen MR) is 77.6 cm³/mol. The molecule has 96 valence electrons. The summed E-state index contributed by atoms with van der Waals surface area (Å²) in [7, 11) is 1.72. The van der Waals surface area contributed by atoms with Gasteiger partial charge in [0.15, 0.2) is 0 Å². The van der Waals surface area contributed by atoms with E-state index >= 15 is 0 Å². The molecule has 0 spiro atoms. The standard InChI is InChI=1S/C15H19NOS/c1-5-15-16-13(9-18-15)11-6-7-14(17-4)12(8-11)10(2)3/h6-10H,5H2,1-4H3. The highest BCUT2D eigenvalue weighted by atomic mass is 32.1. The van der Waals surface area contributed by atoms with Gasteiger partial charge in [-0.05, 0) is 36.1 Å². The average molecular weight is 261 g/mol. The smallest absolute Gasteiger partial charge is 0.122 e. The third kappa shape index (κ3) is 2.56. The van der Waals surface area contributed by atoms with Crippen molar-refractivity contribution in [3.05, 3.63) is 34.2 Å². The summed E-state index contributed by atoms with van der Waals surface area (Å²) in [6.07, 6.45) is 0.998. The first-order chi connectivity index (χ1) is 8.65. The summed E-state index contributed by atoms with van der Waals surface area (Å²) in [5, 5.41) is 3.32. The van der Waals surface area contributed by atoms with Crippen molar-refractivity contribution in [2.75, 3.05) is 7.11 Å². The first kappa shape index (κ1) is 13.1. The van der Waals surface area contributed by atoms with Crippen LogP contribution < -0.4 is 4.74 Å². The maximum atomic E-state index is 5.41. The largest absolute Gasteiger partial charge is 0.496 e. The van der Waals surface area contributed by atoms with E-state index in [1.807, 2.05) is 6.07 Å². The van der Waals surface area contributed by atoms with E-state index in [1.54, 1.807) is 18.4 Å². The second kappa shape index (κ2) is 5.53. The van der Waals surface area contributed by atoms with Gasteiger partial charge in [0.05, 0.1) is 17.8 Å². The number of ether oxygens (including phenoxy) is 1. The third-order valence-corrected chi connectivity index (χ3v) is 3.99. The molecule has 0 saturated heterocycles. The van der Waals surface area contributed by atoms with Gasteiger partial charge in [-0.15, -0.1) is 11.3 Å². The van der Waals surface area contributed by atoms with Gasteiger partial charge in [-0.1, -0.05) is 20.8 Å². The average Bonchev–Trinajstić information content (AvgIpc) is 2.86. The molecule has 0 radical (unpaired) electrons. The molecule has 0 unspecified atom stereocenters. The topological polar surface area (TPSA) is 22.1 Å². The Morgan fingerprint density at radius 3 is 2.67 bits per heavy atom. The maximum absolute atomic E-state index is 5.41. The Morgan fingerprint density at radius 1 is 1.33 bits per heavy atom. The molecule has 3 heteroatoms. The van der Waals surface area contributed by atoms with Crippen LogP contribution in [0.15, 0.2) is 23.6 Å². The van der Waals surface area contributed by atoms with Crippen molar-refractivity contribution < 1.29 is 4.74 Å². The molecule has 0 aliphatic heterocycles. The zero-order valence-electron chi connectivity index (χ0n) is 11.4. The van der Waals surface area contributed by atoms with E-state index in [-0.39, 0.29) is 0 Å². The number of thiazole rings is 1. The molecule has 1 heterocycles. The summed E-state index contributed by atoms with van der Waals surface area (Å²) in [6.45, 7) is 6.50. The summed E-state index contributed by atoms with van der Waals surface area (Å²) in [4.78, 5) is 4.63. The first-order valence-corrected chi connectivity index (χ1v) is 7.16. The van der Waals surface area contributed by atoms with E-state index in [2.05, 4.69) is 43.3 Å². The summed E-state index contributed by atoms with van der Waals surface area (Å²) >= 11 is 1.73. The fourth-order valence-electron chi connectivity index (χ4n) is 1.95. The van der Waals surface area contributed by atoms with Gasteiger partial charge in [-0.25, -0.2) is 4.98 Å². The van der Waals surface area contributed by atoms with Gasteiger partial charge < -0.3 is 4.74 Å². The zero-order valence-corrected chi connectivity index (χ0v) is 12.2. The molecule has 2 nitrogen and oxygen atoms in total. The van der Waals surface area contributed by atoms with Gasteiger partial charge in [0, 0.05) is 10.9 Å². The van der Waals surface area contributed by atoms with Gasteiger partial charge in [0.2, 0.25) is 0 Å². The summed E-state index contributed by atoms with van der Waals surface area (Å²) in [6, 6.07) is 6.31. The molecule has 1 aromatic heterocycles. The quantitative estimate of drug-likeness (QED) is 0.808. The second-order valence-electron chi connectivity index (χ2n) is 4.59. The Labute approximate surface area is 113 Å². The lowest BCUT2D eigenvalue weighted by Gasteiger charge is -2.12. The number of hydrogen-bond donors (Lipinski definition) is 0. The Balaban J connectivity index is 2.42. The molecule has 0 amide bonds. The van der Waals surface area contributed by atoms with Gasteiger partial charge in [-0.2, -0.15) is 0 Å². The fourth-order valence-corrected chi connectivity index (χ4v) is 2.70. The minimum atomic E-state index is 0.448. The normalized spacial score (nSPS) is 10.9. The molecule has 18 heavy (non-hydrogen) atoms. The lowest BCUT2D eigenvalue weighted by molar-refractivity contribution is 0.407. The van der Waals surface area contributed by atoms with Crippen LogP contribution in [0.4, 0.5) is 0 Å². The second-order valence-corrected chi connectivity index (χ2v) is 5.53. The number of aromatic nitrogens is 1. The molecule has 0 saturated carbocycles. The minimum absolute atomic E-state index is 0.448. The molecule has 2 rings (SSSR count). The molecular weight excluding hydrogens is 242 g/mol. The van der Waals surface area contributed by atoms with Crippen molar-refractivity contribution in [2.24, 2.45) is 0 Å². The van der Waals surface area contributed by atoms with Crippen LogP contribution in [0.25, 0.3) is 11.3 Å². The SMILES string of the molecule is CCc1nc(-c2ccc(OC)c(C(C)C)c2)cs1. The maximum Gasteiger partial charge on any atom is 0.122 e. The first-order valence-electron chi connectivity index (χ1n) is 6.28. The number of hydrogen-bond acceptors (Lipinski definition) is 3. The molecular formula is C15H19NOS. The molecule has 2 aromatic rings. The van der Waals surface area contributed by atoms with Crippen LogP contribution >= 0.6 is 11.3 Å². The molecule has 0 N–H and O–H groups in total. The lowest BCUT2D eigenvalue weighted by atomic mass is 9.99. The van der Waals surface area contributed by atoms with E-state index in [9.17, 15) is 0 Å². The number of aryl methyl sites for hydroxylation is 1. The Hall–Kier alpha value is -1.35. The zero-order chi connectivity index (χ0) is 13.1. The molecule has 0 fully saturated rings. The van der Waals surface area contributed by atoms with E-state index in [0.29, 0.717) is 5.92 Å². The molecule has 0 aliphatic carbocycles. The van der Waals surface area contributed by atoms with Crippen LogP contribution in [0.1, 0.15) is 37.3 Å². The van der Waals surface area contributed by atoms with Gasteiger partial charge in [0.25, 0.3) is 0 Å². The lowest BCUT2D eigenvalue weighted by Crippen LogP contribution is -1.95. The highest BCUT2D eigenvalue weighted by Gasteiger charge is 2.10. The highest BCUT2D eigenvalue weighted by molar-refractivity contribution is 7.09. The summed E-state index contributed by atoms with van der Waals surface area (Å²) in [5.74, 6) is 1.41. The van der Waals surface area contributed by atoms with Crippen LogP contribution in [0.2, 0.25) is 0 Å². The minimum Gasteiger partial charge on any atom is -0.496 e. The van der Waals surface area contributed by atoms with Crippen LogP contribution in [0.5, 0.6) is 5.75 Å². The number of methoxy groups -OCH3 is 1. The van der Waals surface area contributed by atoms with Gasteiger partial charge >= 0.3 is 0 Å². The molecule has 0 atom stereocenters. The Kier molecular flexibility index (Phi) is 4.02. The highest BCUT2D eigenvalue weighted by Crippen LogP contribution is 2.31. The van der Waals surface area contributed by atoms with E-state index in [0.717, 1.165) is 17.9 Å². The van der Waals surface area contributed by atoms with E-state index in [4.69, 9.17) is 4.74 Å². The van der Waals surface area contributed by atoms with Crippen molar-refractivity contribution in [2.45, 2.75) is 33.1 Å². The number of nitrogens with zero attached hydrogens (tertiary/aromatic N) is 1. The van der Waals surface area contributed by atoms with Crippen molar-refractivity contribution in [1.29, 1.82) is 0 Å². The van der Waals surface area contributed by atoms with Crippen molar-refractivity contribution in [1.82, 2.24) is 4.98 Å². The molecule has 1 aromatic carbocycles. The van der Waals surface area contributed by atoms with Crippen LogP contribution in [-0.2, 0) is 6.42 Å². The summed E-state index contributed by atoms with van der Waals surface area (Å²) in [5.41, 5.74) is 3.48. The molecule has 0 aliphatic rings. The molecule has 0 bridgehead atoms. The number of benzene rings is 1. The Morgan fingerprint density at radius 2 is 2.11 bits per heavy atom. The summed E-state index contributed by atoms with van der Waals surface area (Å²) < 4.78 is 5.41. The van der Waals surface area contributed by atoms with Crippen LogP contribution in [0.3, 0.4) is 0 Å².